The van der Waals surface area contributed by atoms with Crippen molar-refractivity contribution in [1.82, 2.24) is 10.6 Å². The molecule has 0 aliphatic heterocycles. The number of hydrogen-bond acceptors (Lipinski definition) is 3. The van der Waals surface area contributed by atoms with Gasteiger partial charge in [0.1, 0.15) is 0 Å². The van der Waals surface area contributed by atoms with Crippen molar-refractivity contribution in [2.75, 3.05) is 26.8 Å². The van der Waals surface area contributed by atoms with Crippen LogP contribution in [0.5, 0.6) is 11.5 Å². The molecule has 0 amide bonds. The van der Waals surface area contributed by atoms with Crippen LogP contribution in [0.3, 0.4) is 0 Å². The van der Waals surface area contributed by atoms with Crippen LogP contribution in [0.4, 0.5) is 13.2 Å². The van der Waals surface area contributed by atoms with Gasteiger partial charge in [-0.1, -0.05) is 6.07 Å². The molecule has 0 spiro atoms. The van der Waals surface area contributed by atoms with E-state index in [1.807, 2.05) is 39.0 Å². The summed E-state index contributed by atoms with van der Waals surface area (Å²) in [7, 11) is 1.63. The van der Waals surface area contributed by atoms with Gasteiger partial charge in [-0.05, 0) is 51.3 Å². The van der Waals surface area contributed by atoms with E-state index in [0.29, 0.717) is 43.6 Å². The zero-order valence-corrected chi connectivity index (χ0v) is 19.2. The maximum absolute atomic E-state index is 12.2. The number of aliphatic imine (C=N–C) groups is 1. The summed E-state index contributed by atoms with van der Waals surface area (Å²) in [5, 5.41) is 6.27. The third-order valence-corrected chi connectivity index (χ3v) is 3.82. The monoisotopic (exact) mass is 517 g/mol. The second-order valence-electron chi connectivity index (χ2n) is 6.01. The lowest BCUT2D eigenvalue weighted by Gasteiger charge is -2.20. The summed E-state index contributed by atoms with van der Waals surface area (Å²) in [6.45, 7) is 7.31. The molecule has 9 heteroatoms. The molecule has 0 saturated heterocycles. The summed E-state index contributed by atoms with van der Waals surface area (Å²) >= 11 is 0. The quantitative estimate of drug-likeness (QED) is 0.197. The molecule has 1 atom stereocenters. The van der Waals surface area contributed by atoms with Gasteiger partial charge >= 0.3 is 6.18 Å². The van der Waals surface area contributed by atoms with Crippen LogP contribution in [0, 0.1) is 0 Å². The van der Waals surface area contributed by atoms with Crippen LogP contribution < -0.4 is 20.1 Å². The van der Waals surface area contributed by atoms with Crippen molar-refractivity contribution in [3.8, 4) is 11.5 Å². The molecule has 0 aromatic heterocycles. The lowest BCUT2D eigenvalue weighted by molar-refractivity contribution is -0.135. The Balaban J connectivity index is 0.00000729. The van der Waals surface area contributed by atoms with Crippen LogP contribution in [0.15, 0.2) is 23.2 Å². The number of guanidine groups is 1. The molecule has 28 heavy (non-hydrogen) atoms. The molecule has 2 N–H and O–H groups in total. The first-order chi connectivity index (χ1) is 12.8. The van der Waals surface area contributed by atoms with E-state index in [-0.39, 0.29) is 36.4 Å². The minimum atomic E-state index is -4.10. The van der Waals surface area contributed by atoms with Crippen LogP contribution in [0.2, 0.25) is 0 Å². The van der Waals surface area contributed by atoms with E-state index < -0.39 is 12.6 Å². The summed E-state index contributed by atoms with van der Waals surface area (Å²) in [6, 6.07) is 5.67. The summed E-state index contributed by atoms with van der Waals surface area (Å²) in [4.78, 5) is 4.12. The number of ether oxygens (including phenoxy) is 2. The Labute approximate surface area is 182 Å². The zero-order valence-electron chi connectivity index (χ0n) is 16.9. The molecule has 0 aliphatic rings. The fraction of sp³-hybridized carbons (Fsp3) is 0.632. The van der Waals surface area contributed by atoms with Gasteiger partial charge in [-0.2, -0.15) is 13.2 Å². The van der Waals surface area contributed by atoms with Gasteiger partial charge in [0, 0.05) is 20.0 Å². The highest BCUT2D eigenvalue weighted by molar-refractivity contribution is 14.0. The Morgan fingerprint density at radius 1 is 1.11 bits per heavy atom. The van der Waals surface area contributed by atoms with Gasteiger partial charge in [0.15, 0.2) is 17.5 Å². The predicted octanol–water partition coefficient (Wildman–Crippen LogP) is 5.06. The first-order valence-electron chi connectivity index (χ1n) is 9.24. The smallest absolute Gasteiger partial charge is 0.389 e. The second-order valence-corrected chi connectivity index (χ2v) is 6.01. The molecule has 0 bridgehead atoms. The molecule has 0 radical (unpaired) electrons. The third-order valence-electron chi connectivity index (χ3n) is 3.82. The highest BCUT2D eigenvalue weighted by atomic mass is 127. The van der Waals surface area contributed by atoms with E-state index in [0.717, 1.165) is 5.56 Å². The van der Waals surface area contributed by atoms with E-state index in [2.05, 4.69) is 15.6 Å². The lowest BCUT2D eigenvalue weighted by atomic mass is 10.1. The summed E-state index contributed by atoms with van der Waals surface area (Å²) in [5.41, 5.74) is 0.988. The van der Waals surface area contributed by atoms with Crippen molar-refractivity contribution in [2.24, 2.45) is 4.99 Å². The Bertz CT molecular complexity index is 598. The van der Waals surface area contributed by atoms with Crippen LogP contribution in [0.1, 0.15) is 51.6 Å². The highest BCUT2D eigenvalue weighted by Crippen LogP contribution is 2.30. The SMILES string of the molecule is CCOc1ccc(C(C)NC(=NC)NCCCCC(F)(F)F)cc1OCC.I. The number of nitrogens with one attached hydrogen (secondary N) is 2. The largest absolute Gasteiger partial charge is 0.490 e. The Hall–Kier alpha value is -1.39. The van der Waals surface area contributed by atoms with E-state index in [1.54, 1.807) is 7.05 Å². The average molecular weight is 517 g/mol. The number of hydrogen-bond donors (Lipinski definition) is 2. The van der Waals surface area contributed by atoms with Crippen molar-refractivity contribution in [1.29, 1.82) is 0 Å². The number of alkyl halides is 3. The second kappa shape index (κ2) is 13.7. The fourth-order valence-electron chi connectivity index (χ4n) is 2.48. The predicted molar refractivity (Wildman–Crippen MR) is 117 cm³/mol. The normalized spacial score (nSPS) is 12.8. The van der Waals surface area contributed by atoms with E-state index in [4.69, 9.17) is 9.47 Å². The highest BCUT2D eigenvalue weighted by Gasteiger charge is 2.25. The summed E-state index contributed by atoms with van der Waals surface area (Å²) in [6.07, 6.45) is -4.34. The molecule has 0 heterocycles. The van der Waals surface area contributed by atoms with Gasteiger partial charge < -0.3 is 20.1 Å². The van der Waals surface area contributed by atoms with Gasteiger partial charge in [0.05, 0.1) is 19.3 Å². The lowest BCUT2D eigenvalue weighted by Crippen LogP contribution is -2.39. The van der Waals surface area contributed by atoms with Crippen LogP contribution in [-0.2, 0) is 0 Å². The zero-order chi connectivity index (χ0) is 20.3. The number of halogens is 4. The molecule has 0 fully saturated rings. The Kier molecular flexibility index (Phi) is 13.0. The fourth-order valence-corrected chi connectivity index (χ4v) is 2.48. The van der Waals surface area contributed by atoms with Crippen molar-refractivity contribution in [3.63, 3.8) is 0 Å². The molecule has 0 saturated carbocycles. The molecule has 5 nitrogen and oxygen atoms in total. The molecule has 1 rings (SSSR count). The molecule has 1 aromatic rings. The standard InChI is InChI=1S/C19H30F3N3O2.HI/c1-5-26-16-10-9-15(13-17(16)27-6-2)14(3)25-18(23-4)24-12-8-7-11-19(20,21)22;/h9-10,13-14H,5-8,11-12H2,1-4H3,(H2,23,24,25);1H. The number of rotatable bonds is 10. The first-order valence-corrected chi connectivity index (χ1v) is 9.24. The Morgan fingerprint density at radius 3 is 2.32 bits per heavy atom. The molecule has 162 valence electrons. The van der Waals surface area contributed by atoms with Crippen LogP contribution >= 0.6 is 24.0 Å². The minimum Gasteiger partial charge on any atom is -0.490 e. The summed E-state index contributed by atoms with van der Waals surface area (Å²) in [5.74, 6) is 1.92. The van der Waals surface area contributed by atoms with Gasteiger partial charge in [0.25, 0.3) is 0 Å². The van der Waals surface area contributed by atoms with E-state index in [1.165, 1.54) is 0 Å². The maximum atomic E-state index is 12.2. The van der Waals surface area contributed by atoms with Crippen molar-refractivity contribution in [3.05, 3.63) is 23.8 Å². The third kappa shape index (κ3) is 10.2. The van der Waals surface area contributed by atoms with E-state index in [9.17, 15) is 13.2 Å². The van der Waals surface area contributed by atoms with Gasteiger partial charge in [-0.25, -0.2) is 0 Å². The Morgan fingerprint density at radius 2 is 1.75 bits per heavy atom. The number of benzene rings is 1. The molecular weight excluding hydrogens is 486 g/mol. The first kappa shape index (κ1) is 26.6. The van der Waals surface area contributed by atoms with Crippen molar-refractivity contribution >= 4 is 29.9 Å². The van der Waals surface area contributed by atoms with Crippen LogP contribution in [-0.4, -0.2) is 38.9 Å². The maximum Gasteiger partial charge on any atom is 0.389 e. The van der Waals surface area contributed by atoms with Crippen molar-refractivity contribution < 1.29 is 22.6 Å². The van der Waals surface area contributed by atoms with Crippen LogP contribution in [0.25, 0.3) is 0 Å². The summed E-state index contributed by atoms with van der Waals surface area (Å²) < 4.78 is 47.7. The molecule has 0 aliphatic carbocycles. The topological polar surface area (TPSA) is 54.9 Å². The number of nitrogens with zero attached hydrogens (tertiary/aromatic N) is 1. The average Bonchev–Trinajstić information content (AvgIpc) is 2.61. The molecule has 1 unspecified atom stereocenters. The molecule has 1 aromatic carbocycles. The van der Waals surface area contributed by atoms with E-state index >= 15 is 0 Å². The van der Waals surface area contributed by atoms with Gasteiger partial charge in [-0.15, -0.1) is 24.0 Å². The van der Waals surface area contributed by atoms with Gasteiger partial charge in [0.2, 0.25) is 0 Å². The van der Waals surface area contributed by atoms with Gasteiger partial charge in [-0.3, -0.25) is 4.99 Å². The molecular formula is C19H31F3IN3O2. The van der Waals surface area contributed by atoms with Crippen molar-refractivity contribution in [2.45, 2.75) is 52.3 Å². The minimum absolute atomic E-state index is 0. The number of unbranched alkanes of at least 4 members (excludes halogenated alkanes) is 1.